The highest BCUT2D eigenvalue weighted by Crippen LogP contribution is 2.44. The van der Waals surface area contributed by atoms with E-state index in [1.54, 1.807) is 24.3 Å². The van der Waals surface area contributed by atoms with Crippen LogP contribution in [0.2, 0.25) is 5.02 Å². The number of rotatable bonds is 9. The van der Waals surface area contributed by atoms with E-state index in [4.69, 9.17) is 16.3 Å². The summed E-state index contributed by atoms with van der Waals surface area (Å²) in [5.74, 6) is -0.521. The Morgan fingerprint density at radius 1 is 1.07 bits per heavy atom. The Morgan fingerprint density at radius 2 is 1.83 bits per heavy atom. The second-order valence-corrected chi connectivity index (χ2v) is 12.2. The van der Waals surface area contributed by atoms with Crippen molar-refractivity contribution in [3.05, 3.63) is 105 Å². The number of aliphatic hydroxyl groups excluding tert-OH is 1. The van der Waals surface area contributed by atoms with Crippen LogP contribution >= 0.6 is 34.7 Å². The first-order valence-corrected chi connectivity index (χ1v) is 15.3. The summed E-state index contributed by atoms with van der Waals surface area (Å²) in [6.07, 6.45) is 0.867. The lowest BCUT2D eigenvalue weighted by Gasteiger charge is -2.23. The number of Topliss-reactive ketones (excluding diaryl/α,β-unsaturated/α-hetero) is 1. The van der Waals surface area contributed by atoms with Crippen LogP contribution in [0, 0.1) is 13.8 Å². The number of anilines is 1. The van der Waals surface area contributed by atoms with E-state index in [0.717, 1.165) is 23.1 Å². The molecule has 1 N–H and O–H groups in total. The first kappa shape index (κ1) is 28.9. The van der Waals surface area contributed by atoms with E-state index in [0.29, 0.717) is 38.6 Å². The van der Waals surface area contributed by atoms with E-state index < -0.39 is 17.7 Å². The lowest BCUT2D eigenvalue weighted by molar-refractivity contribution is -0.132. The summed E-state index contributed by atoms with van der Waals surface area (Å²) in [7, 11) is 0. The standard InChI is InChI=1S/C31H28ClN3O4S2/c1-4-15-39-22-13-11-20(12-14-22)26-25(27(36)23-16-18(2)9-10-19(23)3)28(37)29(38)35(26)30-33-34-31(41-30)40-17-21-7-5-6-8-24(21)32/h5-14,16,26,36H,4,15,17H2,1-3H3/b27-25+. The molecule has 1 unspecified atom stereocenters. The van der Waals surface area contributed by atoms with E-state index in [-0.39, 0.29) is 16.5 Å². The van der Waals surface area contributed by atoms with Crippen LogP contribution in [0.5, 0.6) is 5.75 Å². The molecule has 4 aromatic rings. The average Bonchev–Trinajstić information content (AvgIpc) is 3.54. The molecule has 1 fully saturated rings. The largest absolute Gasteiger partial charge is 0.507 e. The van der Waals surface area contributed by atoms with Crippen molar-refractivity contribution in [1.82, 2.24) is 10.2 Å². The zero-order valence-corrected chi connectivity index (χ0v) is 25.1. The molecule has 210 valence electrons. The van der Waals surface area contributed by atoms with Crippen molar-refractivity contribution in [3.63, 3.8) is 0 Å². The summed E-state index contributed by atoms with van der Waals surface area (Å²) < 4.78 is 6.36. The number of aryl methyl sites for hydroxylation is 2. The molecule has 0 bridgehead atoms. The molecule has 1 aliphatic rings. The predicted molar refractivity (Wildman–Crippen MR) is 164 cm³/mol. The maximum Gasteiger partial charge on any atom is 0.301 e. The van der Waals surface area contributed by atoms with Gasteiger partial charge in [-0.25, -0.2) is 0 Å². The third kappa shape index (κ3) is 6.02. The van der Waals surface area contributed by atoms with E-state index in [1.165, 1.54) is 28.0 Å². The van der Waals surface area contributed by atoms with Gasteiger partial charge in [0.25, 0.3) is 5.78 Å². The molecule has 1 atom stereocenters. The monoisotopic (exact) mass is 605 g/mol. The Kier molecular flexibility index (Phi) is 8.77. The maximum absolute atomic E-state index is 13.6. The number of halogens is 1. The molecular formula is C31H28ClN3O4S2. The molecule has 2 heterocycles. The minimum absolute atomic E-state index is 0.00592. The number of thioether (sulfide) groups is 1. The van der Waals surface area contributed by atoms with E-state index in [9.17, 15) is 14.7 Å². The van der Waals surface area contributed by atoms with Crippen LogP contribution in [-0.4, -0.2) is 33.6 Å². The lowest BCUT2D eigenvalue weighted by atomic mass is 9.93. The molecule has 0 aliphatic carbocycles. The Morgan fingerprint density at radius 3 is 2.56 bits per heavy atom. The third-order valence-corrected chi connectivity index (χ3v) is 9.15. The molecule has 1 aliphatic heterocycles. The van der Waals surface area contributed by atoms with Crippen molar-refractivity contribution in [2.75, 3.05) is 11.5 Å². The SMILES string of the molecule is CCCOc1ccc(C2/C(=C(\O)c3cc(C)ccc3C)C(=O)C(=O)N2c2nnc(SCc3ccccc3Cl)s2)cc1. The molecule has 0 saturated carbocycles. The number of hydrogen-bond acceptors (Lipinski definition) is 8. The van der Waals surface area contributed by atoms with Gasteiger partial charge in [0, 0.05) is 16.3 Å². The van der Waals surface area contributed by atoms with Gasteiger partial charge in [0.05, 0.1) is 18.2 Å². The van der Waals surface area contributed by atoms with Crippen molar-refractivity contribution < 1.29 is 19.4 Å². The van der Waals surface area contributed by atoms with Gasteiger partial charge in [-0.1, -0.05) is 89.7 Å². The number of hydrogen-bond donors (Lipinski definition) is 1. The van der Waals surface area contributed by atoms with Crippen molar-refractivity contribution >= 4 is 57.3 Å². The number of ketones is 1. The van der Waals surface area contributed by atoms with Gasteiger partial charge in [0.15, 0.2) is 4.34 Å². The number of aliphatic hydroxyl groups is 1. The zero-order valence-electron chi connectivity index (χ0n) is 22.8. The predicted octanol–water partition coefficient (Wildman–Crippen LogP) is 7.52. The van der Waals surface area contributed by atoms with Crippen LogP contribution in [0.15, 0.2) is 76.6 Å². The molecular weight excluding hydrogens is 578 g/mol. The number of aromatic nitrogens is 2. The first-order chi connectivity index (χ1) is 19.8. The summed E-state index contributed by atoms with van der Waals surface area (Å²) in [5, 5.41) is 21.0. The maximum atomic E-state index is 13.6. The van der Waals surface area contributed by atoms with Gasteiger partial charge >= 0.3 is 5.91 Å². The van der Waals surface area contributed by atoms with Crippen molar-refractivity contribution in [2.45, 2.75) is 43.3 Å². The average molecular weight is 606 g/mol. The molecule has 5 rings (SSSR count). The van der Waals surface area contributed by atoms with Gasteiger partial charge in [-0.05, 0) is 61.2 Å². The van der Waals surface area contributed by atoms with Crippen LogP contribution in [0.1, 0.15) is 47.2 Å². The molecule has 10 heteroatoms. The number of carbonyl (C=O) groups is 2. The third-order valence-electron chi connectivity index (χ3n) is 6.67. The molecule has 7 nitrogen and oxygen atoms in total. The van der Waals surface area contributed by atoms with Crippen molar-refractivity contribution in [3.8, 4) is 5.75 Å². The Labute approximate surface area is 251 Å². The van der Waals surface area contributed by atoms with Crippen LogP contribution in [0.4, 0.5) is 5.13 Å². The Hall–Kier alpha value is -3.66. The minimum Gasteiger partial charge on any atom is -0.507 e. The van der Waals surface area contributed by atoms with Crippen LogP contribution < -0.4 is 9.64 Å². The molecule has 1 saturated heterocycles. The van der Waals surface area contributed by atoms with Gasteiger partial charge in [-0.2, -0.15) is 0 Å². The van der Waals surface area contributed by atoms with E-state index in [1.807, 2.05) is 63.2 Å². The van der Waals surface area contributed by atoms with Crippen LogP contribution in [-0.2, 0) is 15.3 Å². The number of benzene rings is 3. The molecule has 1 aromatic heterocycles. The summed E-state index contributed by atoms with van der Waals surface area (Å²) in [4.78, 5) is 28.4. The highest BCUT2D eigenvalue weighted by atomic mass is 35.5. The fourth-order valence-electron chi connectivity index (χ4n) is 4.56. The number of amides is 1. The van der Waals surface area contributed by atoms with Gasteiger partial charge in [-0.15, -0.1) is 10.2 Å². The van der Waals surface area contributed by atoms with Gasteiger partial charge in [-0.3, -0.25) is 14.5 Å². The smallest absolute Gasteiger partial charge is 0.301 e. The second kappa shape index (κ2) is 12.5. The molecule has 0 radical (unpaired) electrons. The Bertz CT molecular complexity index is 1630. The summed E-state index contributed by atoms with van der Waals surface area (Å²) >= 11 is 8.96. The highest BCUT2D eigenvalue weighted by Gasteiger charge is 2.48. The lowest BCUT2D eigenvalue weighted by Crippen LogP contribution is -2.29. The van der Waals surface area contributed by atoms with Crippen LogP contribution in [0.3, 0.4) is 0 Å². The van der Waals surface area contributed by atoms with Crippen molar-refractivity contribution in [1.29, 1.82) is 0 Å². The first-order valence-electron chi connectivity index (χ1n) is 13.1. The molecule has 0 spiro atoms. The normalized spacial score (nSPS) is 16.4. The second-order valence-electron chi connectivity index (χ2n) is 9.64. The number of ether oxygens (including phenoxy) is 1. The topological polar surface area (TPSA) is 92.6 Å². The van der Waals surface area contributed by atoms with Gasteiger partial charge in [0.2, 0.25) is 5.13 Å². The molecule has 41 heavy (non-hydrogen) atoms. The zero-order chi connectivity index (χ0) is 29.1. The van der Waals surface area contributed by atoms with Crippen LogP contribution in [0.25, 0.3) is 5.76 Å². The fourth-order valence-corrected chi connectivity index (χ4v) is 6.71. The van der Waals surface area contributed by atoms with E-state index in [2.05, 4.69) is 10.2 Å². The van der Waals surface area contributed by atoms with E-state index >= 15 is 0 Å². The quantitative estimate of drug-likeness (QED) is 0.0693. The summed E-state index contributed by atoms with van der Waals surface area (Å²) in [5.41, 5.74) is 3.81. The van der Waals surface area contributed by atoms with Crippen molar-refractivity contribution in [2.24, 2.45) is 0 Å². The summed E-state index contributed by atoms with van der Waals surface area (Å²) in [6.45, 7) is 6.36. The Balaban J connectivity index is 1.56. The molecule has 1 amide bonds. The highest BCUT2D eigenvalue weighted by molar-refractivity contribution is 8.00. The number of carbonyl (C=O) groups excluding carboxylic acids is 2. The minimum atomic E-state index is -0.899. The molecule has 3 aromatic carbocycles. The summed E-state index contributed by atoms with van der Waals surface area (Å²) in [6, 6.07) is 19.5. The fraction of sp³-hybridized carbons (Fsp3) is 0.226. The number of nitrogens with zero attached hydrogens (tertiary/aromatic N) is 3. The van der Waals surface area contributed by atoms with Gasteiger partial charge < -0.3 is 9.84 Å². The van der Waals surface area contributed by atoms with Gasteiger partial charge in [0.1, 0.15) is 11.5 Å².